The molecule has 30 heavy (non-hydrogen) atoms. The summed E-state index contributed by atoms with van der Waals surface area (Å²) < 4.78 is 13.2. The molecule has 2 aromatic carbocycles. The summed E-state index contributed by atoms with van der Waals surface area (Å²) in [4.78, 5) is 23.7. The zero-order valence-corrected chi connectivity index (χ0v) is 17.0. The van der Waals surface area contributed by atoms with Crippen molar-refractivity contribution in [3.05, 3.63) is 77.7 Å². The number of aromatic nitrogens is 2. The number of nitrogens with zero attached hydrogens (tertiary/aromatic N) is 3. The first-order valence-corrected chi connectivity index (χ1v) is 10.3. The van der Waals surface area contributed by atoms with Crippen molar-refractivity contribution in [2.45, 2.75) is 26.3 Å². The minimum Gasteiger partial charge on any atom is -0.356 e. The molecule has 0 saturated carbocycles. The van der Waals surface area contributed by atoms with E-state index in [9.17, 15) is 9.18 Å². The van der Waals surface area contributed by atoms with Crippen molar-refractivity contribution in [3.8, 4) is 11.4 Å². The molecule has 3 aromatic rings. The number of halogens is 1. The van der Waals surface area contributed by atoms with Gasteiger partial charge < -0.3 is 10.2 Å². The largest absolute Gasteiger partial charge is 0.356 e. The van der Waals surface area contributed by atoms with Crippen molar-refractivity contribution < 1.29 is 9.18 Å². The minimum atomic E-state index is -0.280. The number of benzene rings is 2. The number of aryl methyl sites for hydroxylation is 1. The normalized spacial score (nSPS) is 14.5. The first-order chi connectivity index (χ1) is 14.6. The molecule has 1 aliphatic rings. The molecule has 0 aliphatic carbocycles. The fourth-order valence-corrected chi connectivity index (χ4v) is 3.77. The molecule has 1 N–H and O–H groups in total. The molecule has 0 unspecified atom stereocenters. The average Bonchev–Trinajstić information content (AvgIpc) is 2.79. The van der Waals surface area contributed by atoms with Crippen LogP contribution in [0.15, 0.2) is 60.8 Å². The van der Waals surface area contributed by atoms with E-state index in [2.05, 4.69) is 33.2 Å². The maximum Gasteiger partial charge on any atom is 0.223 e. The topological polar surface area (TPSA) is 58.1 Å². The summed E-state index contributed by atoms with van der Waals surface area (Å²) in [6.07, 6.45) is 3.30. The second-order valence-electron chi connectivity index (χ2n) is 7.65. The molecule has 1 amide bonds. The van der Waals surface area contributed by atoms with Crippen LogP contribution >= 0.6 is 0 Å². The van der Waals surface area contributed by atoms with Gasteiger partial charge >= 0.3 is 0 Å². The molecule has 5 nitrogen and oxygen atoms in total. The van der Waals surface area contributed by atoms with Crippen LogP contribution in [0, 0.1) is 18.7 Å². The number of carbonyl (C=O) groups is 1. The van der Waals surface area contributed by atoms with Crippen LogP contribution in [0.2, 0.25) is 0 Å². The van der Waals surface area contributed by atoms with Gasteiger partial charge in [-0.05, 0) is 61.2 Å². The summed E-state index contributed by atoms with van der Waals surface area (Å²) in [7, 11) is 0. The van der Waals surface area contributed by atoms with E-state index >= 15 is 0 Å². The van der Waals surface area contributed by atoms with Gasteiger partial charge in [0, 0.05) is 37.3 Å². The zero-order chi connectivity index (χ0) is 20.9. The van der Waals surface area contributed by atoms with Crippen molar-refractivity contribution in [2.75, 3.05) is 18.0 Å². The molecule has 1 aliphatic heterocycles. The molecule has 0 spiro atoms. The zero-order valence-electron chi connectivity index (χ0n) is 17.0. The third-order valence-electron chi connectivity index (χ3n) is 5.65. The van der Waals surface area contributed by atoms with Crippen molar-refractivity contribution >= 4 is 11.7 Å². The molecule has 1 fully saturated rings. The molecule has 0 radical (unpaired) electrons. The van der Waals surface area contributed by atoms with Crippen LogP contribution in [0.25, 0.3) is 11.4 Å². The van der Waals surface area contributed by atoms with Gasteiger partial charge in [0.25, 0.3) is 0 Å². The summed E-state index contributed by atoms with van der Waals surface area (Å²) in [5, 5.41) is 3.09. The van der Waals surface area contributed by atoms with Crippen molar-refractivity contribution in [1.29, 1.82) is 0 Å². The average molecular weight is 404 g/mol. The van der Waals surface area contributed by atoms with Crippen LogP contribution in [-0.4, -0.2) is 29.0 Å². The Bertz CT molecular complexity index is 1010. The second kappa shape index (κ2) is 9.03. The molecule has 154 valence electrons. The predicted molar refractivity (Wildman–Crippen MR) is 115 cm³/mol. The molecule has 0 bridgehead atoms. The Morgan fingerprint density at radius 1 is 1.10 bits per heavy atom. The molecule has 6 heteroatoms. The quantitative estimate of drug-likeness (QED) is 0.695. The molecule has 1 aromatic heterocycles. The van der Waals surface area contributed by atoms with E-state index in [0.29, 0.717) is 12.4 Å². The van der Waals surface area contributed by atoms with E-state index in [-0.39, 0.29) is 17.6 Å². The number of anilines is 1. The molecule has 0 atom stereocenters. The molecular weight excluding hydrogens is 379 g/mol. The number of piperidine rings is 1. The Morgan fingerprint density at radius 3 is 2.57 bits per heavy atom. The van der Waals surface area contributed by atoms with E-state index < -0.39 is 0 Å². The van der Waals surface area contributed by atoms with Crippen molar-refractivity contribution in [1.82, 2.24) is 15.3 Å². The first-order valence-electron chi connectivity index (χ1n) is 10.3. The maximum atomic E-state index is 13.2. The summed E-state index contributed by atoms with van der Waals surface area (Å²) in [5.41, 5.74) is 3.12. The number of hydrogen-bond donors (Lipinski definition) is 1. The lowest BCUT2D eigenvalue weighted by Gasteiger charge is -2.32. The highest BCUT2D eigenvalue weighted by atomic mass is 19.1. The highest BCUT2D eigenvalue weighted by molar-refractivity contribution is 5.79. The third-order valence-corrected chi connectivity index (χ3v) is 5.65. The van der Waals surface area contributed by atoms with Gasteiger partial charge in [-0.1, -0.05) is 24.3 Å². The van der Waals surface area contributed by atoms with Crippen LogP contribution in [0.3, 0.4) is 0 Å². The third kappa shape index (κ3) is 4.64. The summed E-state index contributed by atoms with van der Waals surface area (Å²) >= 11 is 0. The fourth-order valence-electron chi connectivity index (χ4n) is 3.77. The first kappa shape index (κ1) is 20.0. The van der Waals surface area contributed by atoms with Crippen LogP contribution in [-0.2, 0) is 11.3 Å². The number of carbonyl (C=O) groups excluding carboxylic acids is 1. The molecule has 2 heterocycles. The monoisotopic (exact) mass is 404 g/mol. The lowest BCUT2D eigenvalue weighted by molar-refractivity contribution is -0.125. The van der Waals surface area contributed by atoms with Crippen molar-refractivity contribution in [2.24, 2.45) is 5.92 Å². The molecule has 1 saturated heterocycles. The summed E-state index contributed by atoms with van der Waals surface area (Å²) in [5.74, 6) is 1.27. The van der Waals surface area contributed by atoms with Crippen LogP contribution < -0.4 is 10.2 Å². The van der Waals surface area contributed by atoms with Crippen LogP contribution in [0.1, 0.15) is 24.0 Å². The number of rotatable bonds is 5. The summed E-state index contributed by atoms with van der Waals surface area (Å²) in [6.45, 7) is 4.16. The second-order valence-corrected chi connectivity index (χ2v) is 7.65. The van der Waals surface area contributed by atoms with Gasteiger partial charge in [-0.3, -0.25) is 4.79 Å². The highest BCUT2D eigenvalue weighted by Gasteiger charge is 2.25. The van der Waals surface area contributed by atoms with E-state index in [1.54, 1.807) is 18.3 Å². The number of nitrogens with one attached hydrogen (secondary N) is 1. The Kier molecular flexibility index (Phi) is 6.02. The van der Waals surface area contributed by atoms with E-state index in [1.807, 2.05) is 24.3 Å². The maximum absolute atomic E-state index is 13.2. The summed E-state index contributed by atoms with van der Waals surface area (Å²) in [6, 6.07) is 16.2. The van der Waals surface area contributed by atoms with Gasteiger partial charge in [0.05, 0.1) is 0 Å². The fraction of sp³-hybridized carbons (Fsp3) is 0.292. The van der Waals surface area contributed by atoms with Crippen molar-refractivity contribution in [3.63, 3.8) is 0 Å². The van der Waals surface area contributed by atoms with E-state index in [4.69, 9.17) is 0 Å². The lowest BCUT2D eigenvalue weighted by Crippen LogP contribution is -2.40. The Labute approximate surface area is 176 Å². The minimum absolute atomic E-state index is 0.0173. The van der Waals surface area contributed by atoms with Gasteiger partial charge in [0.1, 0.15) is 11.6 Å². The Balaban J connectivity index is 1.34. The van der Waals surface area contributed by atoms with Crippen LogP contribution in [0.5, 0.6) is 0 Å². The SMILES string of the molecule is Cc1ccccc1CNC(=O)C1CCN(c2ccnc(-c3ccc(F)cc3)n2)CC1. The number of amides is 1. The van der Waals surface area contributed by atoms with Gasteiger partial charge in [-0.2, -0.15) is 0 Å². The van der Waals surface area contributed by atoms with Gasteiger partial charge in [0.15, 0.2) is 5.82 Å². The number of hydrogen-bond acceptors (Lipinski definition) is 4. The smallest absolute Gasteiger partial charge is 0.223 e. The van der Waals surface area contributed by atoms with Gasteiger partial charge in [0.2, 0.25) is 5.91 Å². The highest BCUT2D eigenvalue weighted by Crippen LogP contribution is 2.24. The van der Waals surface area contributed by atoms with E-state index in [1.165, 1.54) is 17.7 Å². The Hall–Kier alpha value is -3.28. The van der Waals surface area contributed by atoms with Gasteiger partial charge in [-0.25, -0.2) is 14.4 Å². The Morgan fingerprint density at radius 2 is 1.83 bits per heavy atom. The standard InChI is InChI=1S/C24H25FN4O/c1-17-4-2-3-5-20(17)16-27-24(30)19-11-14-29(15-12-19)22-10-13-26-23(28-22)18-6-8-21(25)9-7-18/h2-10,13,19H,11-12,14-16H2,1H3,(H,27,30). The van der Waals surface area contributed by atoms with E-state index in [0.717, 1.165) is 42.9 Å². The van der Waals surface area contributed by atoms with Crippen LogP contribution in [0.4, 0.5) is 10.2 Å². The lowest BCUT2D eigenvalue weighted by atomic mass is 9.95. The molecule has 4 rings (SSSR count). The predicted octanol–water partition coefficient (Wildman–Crippen LogP) is 4.12. The van der Waals surface area contributed by atoms with Gasteiger partial charge in [-0.15, -0.1) is 0 Å². The molecular formula is C24H25FN4O.